The number of carboxylic acids is 1. The molecule has 1 saturated heterocycles. The Morgan fingerprint density at radius 3 is 2.76 bits per heavy atom. The number of nitrogens with zero attached hydrogens (tertiary/aromatic N) is 2. The number of rotatable bonds is 4. The van der Waals surface area contributed by atoms with Crippen LogP contribution in [0.4, 0.5) is 14.5 Å². The number of halogens is 2. The Balaban J connectivity index is 2.28. The lowest BCUT2D eigenvalue weighted by Gasteiger charge is -2.22. The average Bonchev–Trinajstić information content (AvgIpc) is 3.04. The molecule has 25 heavy (non-hydrogen) atoms. The van der Waals surface area contributed by atoms with Crippen molar-refractivity contribution in [1.82, 2.24) is 4.68 Å². The minimum atomic E-state index is -1.47. The molecule has 1 unspecified atom stereocenters. The predicted octanol–water partition coefficient (Wildman–Crippen LogP) is 0.936. The van der Waals surface area contributed by atoms with E-state index in [0.29, 0.717) is 19.6 Å². The summed E-state index contributed by atoms with van der Waals surface area (Å²) in [4.78, 5) is 25.1. The lowest BCUT2D eigenvalue weighted by Crippen LogP contribution is -2.27. The number of hydrogen-bond donors (Lipinski definition) is 3. The molecule has 0 aliphatic carbocycles. The summed E-state index contributed by atoms with van der Waals surface area (Å²) in [7, 11) is 1.44. The van der Waals surface area contributed by atoms with Gasteiger partial charge in [-0.05, 0) is 24.9 Å². The Morgan fingerprint density at radius 2 is 2.20 bits per heavy atom. The third-order valence-corrected chi connectivity index (χ3v) is 4.56. The van der Waals surface area contributed by atoms with Crippen LogP contribution in [-0.4, -0.2) is 42.4 Å². The number of carbonyl (C=O) groups is 1. The molecule has 0 bridgehead atoms. The maximum absolute atomic E-state index is 15.1. The van der Waals surface area contributed by atoms with Gasteiger partial charge in [-0.15, -0.1) is 0 Å². The first kappa shape index (κ1) is 17.2. The molecule has 3 rings (SSSR count). The fourth-order valence-corrected chi connectivity index (χ4v) is 3.25. The second-order valence-corrected chi connectivity index (χ2v) is 6.02. The van der Waals surface area contributed by atoms with Crippen molar-refractivity contribution in [3.05, 3.63) is 39.7 Å². The molecule has 0 saturated carbocycles. The van der Waals surface area contributed by atoms with Gasteiger partial charge in [0, 0.05) is 26.3 Å². The standard InChI is InChI=1S/C16H18F2N4O3/c1-20-22-7-10(16(24)25)15(23)9-4-11(17)14(12(18)13(9)22)21-3-2-8(5-19)6-21/h4,7-8,20H,2-3,5-6,19H2,1H3,(H,24,25). The monoisotopic (exact) mass is 352 g/mol. The first-order chi connectivity index (χ1) is 11.9. The SMILES string of the molecule is CNn1cc(C(=O)O)c(=O)c2cc(F)c(N3CCC(CN)C3)c(F)c21. The summed E-state index contributed by atoms with van der Waals surface area (Å²) in [6.45, 7) is 1.31. The van der Waals surface area contributed by atoms with Crippen LogP contribution in [0.15, 0.2) is 17.1 Å². The van der Waals surface area contributed by atoms with E-state index < -0.39 is 28.6 Å². The normalized spacial score (nSPS) is 17.3. The van der Waals surface area contributed by atoms with E-state index in [2.05, 4.69) is 5.43 Å². The highest BCUT2D eigenvalue weighted by atomic mass is 19.1. The van der Waals surface area contributed by atoms with Crippen molar-refractivity contribution in [3.8, 4) is 0 Å². The molecule has 1 aliphatic rings. The number of aromatic carboxylic acids is 1. The molecule has 9 heteroatoms. The number of aromatic nitrogens is 1. The summed E-state index contributed by atoms with van der Waals surface area (Å²) in [5.74, 6) is -3.12. The van der Waals surface area contributed by atoms with Gasteiger partial charge in [-0.2, -0.15) is 0 Å². The summed E-state index contributed by atoms with van der Waals surface area (Å²) >= 11 is 0. The Morgan fingerprint density at radius 1 is 1.48 bits per heavy atom. The zero-order valence-electron chi connectivity index (χ0n) is 13.6. The van der Waals surface area contributed by atoms with Crippen molar-refractivity contribution in [2.75, 3.05) is 37.0 Å². The van der Waals surface area contributed by atoms with Gasteiger partial charge in [0.1, 0.15) is 22.6 Å². The van der Waals surface area contributed by atoms with E-state index in [1.54, 1.807) is 4.90 Å². The first-order valence-corrected chi connectivity index (χ1v) is 7.82. The van der Waals surface area contributed by atoms with Gasteiger partial charge >= 0.3 is 5.97 Å². The van der Waals surface area contributed by atoms with Crippen LogP contribution in [0.25, 0.3) is 10.9 Å². The number of nitrogens with one attached hydrogen (secondary N) is 1. The number of hydrogen-bond acceptors (Lipinski definition) is 5. The van der Waals surface area contributed by atoms with Gasteiger partial charge < -0.3 is 21.2 Å². The molecule has 1 fully saturated rings. The number of carboxylic acid groups (broad SMARTS) is 1. The van der Waals surface area contributed by atoms with Crippen molar-refractivity contribution < 1.29 is 18.7 Å². The van der Waals surface area contributed by atoms with E-state index in [-0.39, 0.29) is 22.5 Å². The Labute approximate surface area is 141 Å². The summed E-state index contributed by atoms with van der Waals surface area (Å²) in [5.41, 5.74) is 6.31. The molecule has 1 atom stereocenters. The van der Waals surface area contributed by atoms with Gasteiger partial charge in [-0.1, -0.05) is 0 Å². The van der Waals surface area contributed by atoms with E-state index >= 15 is 4.39 Å². The molecule has 0 amide bonds. The average molecular weight is 352 g/mol. The van der Waals surface area contributed by atoms with E-state index in [0.717, 1.165) is 23.4 Å². The zero-order chi connectivity index (χ0) is 18.3. The Kier molecular flexibility index (Phi) is 4.34. The molecule has 2 aromatic rings. The van der Waals surface area contributed by atoms with E-state index in [9.17, 15) is 14.0 Å². The molecular formula is C16H18F2N4O3. The molecule has 4 N–H and O–H groups in total. The molecular weight excluding hydrogens is 334 g/mol. The fraction of sp³-hybridized carbons (Fsp3) is 0.375. The molecule has 0 radical (unpaired) electrons. The highest BCUT2D eigenvalue weighted by Crippen LogP contribution is 2.32. The lowest BCUT2D eigenvalue weighted by atomic mass is 10.1. The molecule has 1 aromatic carbocycles. The van der Waals surface area contributed by atoms with Crippen molar-refractivity contribution in [2.24, 2.45) is 11.7 Å². The van der Waals surface area contributed by atoms with Crippen LogP contribution in [0, 0.1) is 17.6 Å². The zero-order valence-corrected chi connectivity index (χ0v) is 13.6. The van der Waals surface area contributed by atoms with Gasteiger partial charge in [-0.3, -0.25) is 9.47 Å². The number of pyridine rings is 1. The van der Waals surface area contributed by atoms with Crippen molar-refractivity contribution in [3.63, 3.8) is 0 Å². The molecule has 1 aromatic heterocycles. The Hall–Kier alpha value is -2.68. The topological polar surface area (TPSA) is 101 Å². The molecule has 0 spiro atoms. The minimum absolute atomic E-state index is 0.148. The highest BCUT2D eigenvalue weighted by molar-refractivity contribution is 5.94. The smallest absolute Gasteiger partial charge is 0.341 e. The van der Waals surface area contributed by atoms with Gasteiger partial charge in [0.05, 0.1) is 5.39 Å². The number of benzene rings is 1. The number of anilines is 1. The van der Waals surface area contributed by atoms with E-state index in [4.69, 9.17) is 10.8 Å². The summed E-state index contributed by atoms with van der Waals surface area (Å²) in [5, 5.41) is 8.79. The van der Waals surface area contributed by atoms with E-state index in [1.807, 2.05) is 0 Å². The fourth-order valence-electron chi connectivity index (χ4n) is 3.25. The second-order valence-electron chi connectivity index (χ2n) is 6.02. The van der Waals surface area contributed by atoms with Crippen LogP contribution >= 0.6 is 0 Å². The summed E-state index contributed by atoms with van der Waals surface area (Å²) < 4.78 is 30.8. The molecule has 2 heterocycles. The largest absolute Gasteiger partial charge is 0.477 e. The first-order valence-electron chi connectivity index (χ1n) is 7.82. The summed E-state index contributed by atoms with van der Waals surface area (Å²) in [6, 6.07) is 0.895. The molecule has 1 aliphatic heterocycles. The van der Waals surface area contributed by atoms with Crippen LogP contribution in [-0.2, 0) is 0 Å². The van der Waals surface area contributed by atoms with Crippen LogP contribution < -0.4 is 21.5 Å². The molecule has 7 nitrogen and oxygen atoms in total. The summed E-state index contributed by atoms with van der Waals surface area (Å²) in [6.07, 6.45) is 1.72. The lowest BCUT2D eigenvalue weighted by molar-refractivity contribution is 0.0695. The van der Waals surface area contributed by atoms with Crippen molar-refractivity contribution in [1.29, 1.82) is 0 Å². The van der Waals surface area contributed by atoms with Gasteiger partial charge in [0.25, 0.3) is 0 Å². The minimum Gasteiger partial charge on any atom is -0.477 e. The molecule has 134 valence electrons. The van der Waals surface area contributed by atoms with Gasteiger partial charge in [-0.25, -0.2) is 13.6 Å². The predicted molar refractivity (Wildman–Crippen MR) is 89.7 cm³/mol. The van der Waals surface area contributed by atoms with Crippen molar-refractivity contribution in [2.45, 2.75) is 6.42 Å². The van der Waals surface area contributed by atoms with Crippen LogP contribution in [0.2, 0.25) is 0 Å². The van der Waals surface area contributed by atoms with Crippen LogP contribution in [0.5, 0.6) is 0 Å². The third-order valence-electron chi connectivity index (χ3n) is 4.56. The Bertz CT molecular complexity index is 913. The highest BCUT2D eigenvalue weighted by Gasteiger charge is 2.29. The maximum atomic E-state index is 15.1. The van der Waals surface area contributed by atoms with E-state index in [1.165, 1.54) is 7.05 Å². The van der Waals surface area contributed by atoms with Gasteiger partial charge in [0.15, 0.2) is 5.82 Å². The van der Waals surface area contributed by atoms with Gasteiger partial charge in [0.2, 0.25) is 5.43 Å². The second kappa shape index (κ2) is 6.32. The maximum Gasteiger partial charge on any atom is 0.341 e. The van der Waals surface area contributed by atoms with Crippen LogP contribution in [0.1, 0.15) is 16.8 Å². The quantitative estimate of drug-likeness (QED) is 0.757. The third kappa shape index (κ3) is 2.70. The van der Waals surface area contributed by atoms with Crippen molar-refractivity contribution >= 4 is 22.6 Å². The number of nitrogens with two attached hydrogens (primary N) is 1. The number of fused-ring (bicyclic) bond motifs is 1. The van der Waals surface area contributed by atoms with Crippen LogP contribution in [0.3, 0.4) is 0 Å².